The maximum Gasteiger partial charge on any atom is 0.336 e. The molecule has 0 aliphatic rings. The minimum Gasteiger partial charge on any atom is -0.467 e. The Morgan fingerprint density at radius 1 is 1.48 bits per heavy atom. The number of hydrogen-bond donors (Lipinski definition) is 2. The second-order valence-corrected chi connectivity index (χ2v) is 6.86. The lowest BCUT2D eigenvalue weighted by molar-refractivity contribution is -0.153. The Morgan fingerprint density at radius 2 is 2.05 bits per heavy atom. The number of nitrogens with one attached hydrogen (secondary N) is 1. The summed E-state index contributed by atoms with van der Waals surface area (Å²) in [5.41, 5.74) is -1.61. The van der Waals surface area contributed by atoms with Gasteiger partial charge in [0.25, 0.3) is 0 Å². The molecular formula is C12H15ClFNO5S. The molecular weight excluding hydrogens is 325 g/mol. The molecule has 0 spiro atoms. The summed E-state index contributed by atoms with van der Waals surface area (Å²) in [6, 6.07) is 3.48. The number of methoxy groups -OCH3 is 1. The van der Waals surface area contributed by atoms with Gasteiger partial charge in [0.1, 0.15) is 4.90 Å². The zero-order chi connectivity index (χ0) is 16.4. The Balaban J connectivity index is 3.16. The molecule has 1 aromatic rings. The summed E-state index contributed by atoms with van der Waals surface area (Å²) in [4.78, 5) is 10.6. The first kappa shape index (κ1) is 17.8. The van der Waals surface area contributed by atoms with Crippen LogP contribution in [-0.4, -0.2) is 38.2 Å². The van der Waals surface area contributed by atoms with Crippen LogP contribution in [0.15, 0.2) is 23.1 Å². The number of aliphatic hydroxyl groups is 1. The summed E-state index contributed by atoms with van der Waals surface area (Å²) in [5, 5.41) is 9.40. The standard InChI is InChI=1S/C12H15ClFNO5S/c1-12(2,10(16)11(17)20-3)15-21(18,19)8-6-4-5-7(13)9(8)14/h4-6,10,15-16H,1-3H3/t10-/m0/s1. The molecule has 9 heteroatoms. The number of esters is 1. The highest BCUT2D eigenvalue weighted by Crippen LogP contribution is 2.23. The molecule has 0 fully saturated rings. The minimum atomic E-state index is -4.34. The molecule has 1 aromatic carbocycles. The fraction of sp³-hybridized carbons (Fsp3) is 0.417. The number of halogens is 2. The predicted octanol–water partition coefficient (Wildman–Crippen LogP) is 1.07. The van der Waals surface area contributed by atoms with Crippen LogP contribution in [0, 0.1) is 5.82 Å². The molecule has 0 radical (unpaired) electrons. The molecule has 0 aliphatic carbocycles. The van der Waals surface area contributed by atoms with Gasteiger partial charge in [0.05, 0.1) is 17.7 Å². The summed E-state index contributed by atoms with van der Waals surface area (Å²) < 4.78 is 44.5. The minimum absolute atomic E-state index is 0.357. The highest BCUT2D eigenvalue weighted by molar-refractivity contribution is 7.89. The average molecular weight is 340 g/mol. The Kier molecular flexibility index (Phi) is 5.32. The van der Waals surface area contributed by atoms with Crippen molar-refractivity contribution in [2.24, 2.45) is 0 Å². The first-order valence-electron chi connectivity index (χ1n) is 5.77. The normalized spacial score (nSPS) is 13.8. The van der Waals surface area contributed by atoms with Gasteiger partial charge in [-0.15, -0.1) is 0 Å². The van der Waals surface area contributed by atoms with E-state index in [0.717, 1.165) is 13.2 Å². The van der Waals surface area contributed by atoms with Gasteiger partial charge in [-0.05, 0) is 26.0 Å². The third kappa shape index (κ3) is 3.91. The van der Waals surface area contributed by atoms with Crippen LogP contribution in [-0.2, 0) is 19.6 Å². The van der Waals surface area contributed by atoms with Gasteiger partial charge in [-0.2, -0.15) is 0 Å². The van der Waals surface area contributed by atoms with Crippen molar-refractivity contribution in [3.63, 3.8) is 0 Å². The molecule has 0 aliphatic heterocycles. The maximum atomic E-state index is 13.8. The lowest BCUT2D eigenvalue weighted by Crippen LogP contribution is -2.55. The fourth-order valence-corrected chi connectivity index (χ4v) is 3.30. The largest absolute Gasteiger partial charge is 0.467 e. The predicted molar refractivity (Wildman–Crippen MR) is 73.8 cm³/mol. The van der Waals surface area contributed by atoms with E-state index in [1.54, 1.807) is 0 Å². The number of carbonyl (C=O) groups is 1. The van der Waals surface area contributed by atoms with E-state index >= 15 is 0 Å². The van der Waals surface area contributed by atoms with E-state index in [1.807, 2.05) is 0 Å². The summed E-state index contributed by atoms with van der Waals surface area (Å²) in [7, 11) is -3.29. The molecule has 0 aromatic heterocycles. The quantitative estimate of drug-likeness (QED) is 0.783. The topological polar surface area (TPSA) is 92.7 Å². The van der Waals surface area contributed by atoms with Crippen molar-refractivity contribution in [3.8, 4) is 0 Å². The summed E-state index contributed by atoms with van der Waals surface area (Å²) in [6.45, 7) is 2.52. The van der Waals surface area contributed by atoms with Crippen molar-refractivity contribution >= 4 is 27.6 Å². The average Bonchev–Trinajstić information content (AvgIpc) is 2.38. The van der Waals surface area contributed by atoms with E-state index < -0.39 is 38.3 Å². The van der Waals surface area contributed by atoms with Crippen LogP contribution < -0.4 is 4.72 Å². The lowest BCUT2D eigenvalue weighted by Gasteiger charge is -2.29. The third-order valence-corrected chi connectivity index (χ3v) is 4.69. The van der Waals surface area contributed by atoms with Gasteiger partial charge >= 0.3 is 5.97 Å². The summed E-state index contributed by atoms with van der Waals surface area (Å²) in [6.07, 6.45) is -1.76. The van der Waals surface area contributed by atoms with Gasteiger partial charge in [0.15, 0.2) is 11.9 Å². The Hall–Kier alpha value is -1.22. The van der Waals surface area contributed by atoms with E-state index in [0.29, 0.717) is 0 Å². The third-order valence-electron chi connectivity index (χ3n) is 2.71. The summed E-state index contributed by atoms with van der Waals surface area (Å²) in [5.74, 6) is -2.13. The van der Waals surface area contributed by atoms with E-state index in [9.17, 15) is 22.7 Å². The smallest absolute Gasteiger partial charge is 0.336 e. The number of carbonyl (C=O) groups excluding carboxylic acids is 1. The van der Waals surface area contributed by atoms with Crippen LogP contribution in [0.4, 0.5) is 4.39 Å². The van der Waals surface area contributed by atoms with Gasteiger partial charge in [0, 0.05) is 0 Å². The Morgan fingerprint density at radius 3 is 2.57 bits per heavy atom. The van der Waals surface area contributed by atoms with Crippen LogP contribution in [0.2, 0.25) is 5.02 Å². The number of hydrogen-bond acceptors (Lipinski definition) is 5. The highest BCUT2D eigenvalue weighted by atomic mass is 35.5. The number of ether oxygens (including phenoxy) is 1. The first-order valence-corrected chi connectivity index (χ1v) is 7.63. The molecule has 1 atom stereocenters. The second-order valence-electron chi connectivity index (χ2n) is 4.80. The van der Waals surface area contributed by atoms with Crippen molar-refractivity contribution in [2.45, 2.75) is 30.4 Å². The van der Waals surface area contributed by atoms with E-state index in [-0.39, 0.29) is 5.02 Å². The zero-order valence-corrected chi connectivity index (χ0v) is 13.1. The second kappa shape index (κ2) is 6.27. The molecule has 0 bridgehead atoms. The molecule has 2 N–H and O–H groups in total. The molecule has 6 nitrogen and oxygen atoms in total. The van der Waals surface area contributed by atoms with Crippen LogP contribution in [0.3, 0.4) is 0 Å². The molecule has 0 saturated carbocycles. The van der Waals surface area contributed by atoms with Crippen LogP contribution in [0.1, 0.15) is 13.8 Å². The lowest BCUT2D eigenvalue weighted by atomic mass is 9.99. The van der Waals surface area contributed by atoms with Crippen molar-refractivity contribution in [1.29, 1.82) is 0 Å². The van der Waals surface area contributed by atoms with Crippen molar-refractivity contribution in [2.75, 3.05) is 7.11 Å². The van der Waals surface area contributed by atoms with Gasteiger partial charge in [-0.1, -0.05) is 17.7 Å². The summed E-state index contributed by atoms with van der Waals surface area (Å²) >= 11 is 5.54. The first-order chi connectivity index (χ1) is 9.53. The van der Waals surface area contributed by atoms with Gasteiger partial charge in [-0.25, -0.2) is 22.3 Å². The molecule has 1 rings (SSSR count). The van der Waals surface area contributed by atoms with Crippen molar-refractivity contribution in [3.05, 3.63) is 29.0 Å². The van der Waals surface area contributed by atoms with Crippen molar-refractivity contribution in [1.82, 2.24) is 4.72 Å². The monoisotopic (exact) mass is 339 g/mol. The fourth-order valence-electron chi connectivity index (χ4n) is 1.55. The Bertz CT molecular complexity index is 647. The van der Waals surface area contributed by atoms with Crippen LogP contribution in [0.5, 0.6) is 0 Å². The van der Waals surface area contributed by atoms with E-state index in [2.05, 4.69) is 9.46 Å². The van der Waals surface area contributed by atoms with Gasteiger partial charge in [-0.3, -0.25) is 0 Å². The number of benzene rings is 1. The SMILES string of the molecule is COC(=O)[C@H](O)C(C)(C)NS(=O)(=O)c1cccc(Cl)c1F. The van der Waals surface area contributed by atoms with Crippen LogP contribution >= 0.6 is 11.6 Å². The molecule has 0 amide bonds. The van der Waals surface area contributed by atoms with Crippen molar-refractivity contribution < 1.29 is 27.4 Å². The molecule has 0 heterocycles. The number of aliphatic hydroxyl groups excluding tert-OH is 1. The van der Waals surface area contributed by atoms with E-state index in [1.165, 1.54) is 26.0 Å². The molecule has 118 valence electrons. The van der Waals surface area contributed by atoms with E-state index in [4.69, 9.17) is 11.6 Å². The highest BCUT2D eigenvalue weighted by Gasteiger charge is 2.39. The maximum absolute atomic E-state index is 13.8. The van der Waals surface area contributed by atoms with Gasteiger partial charge in [0.2, 0.25) is 10.0 Å². The number of rotatable bonds is 5. The Labute approximate surface area is 126 Å². The molecule has 21 heavy (non-hydrogen) atoms. The zero-order valence-electron chi connectivity index (χ0n) is 11.6. The molecule has 0 unspecified atom stereocenters. The number of sulfonamides is 1. The molecule has 0 saturated heterocycles. The van der Waals surface area contributed by atoms with Crippen LogP contribution in [0.25, 0.3) is 0 Å². The van der Waals surface area contributed by atoms with Gasteiger partial charge < -0.3 is 9.84 Å².